The number of aromatic nitrogens is 4. The summed E-state index contributed by atoms with van der Waals surface area (Å²) in [5, 5.41) is 2.04. The number of furan rings is 1. The molecule has 1 aliphatic carbocycles. The van der Waals surface area contributed by atoms with Gasteiger partial charge in [-0.15, -0.1) is 54.1 Å². The first-order valence-electron chi connectivity index (χ1n) is 22.8. The smallest absolute Gasteiger partial charge is 0.216 e. The zero-order valence-electron chi connectivity index (χ0n) is 39.1. The molecule has 10 aromatic rings. The molecule has 0 fully saturated rings. The summed E-state index contributed by atoms with van der Waals surface area (Å²) in [4.78, 5) is 14.9. The number of rotatable bonds is 6. The first kappa shape index (κ1) is 44.7. The Kier molecular flexibility index (Phi) is 11.8. The van der Waals surface area contributed by atoms with Gasteiger partial charge in [-0.3, -0.25) is 4.98 Å². The van der Waals surface area contributed by atoms with Crippen molar-refractivity contribution in [2.75, 3.05) is 0 Å². The van der Waals surface area contributed by atoms with E-state index >= 15 is 0 Å². The van der Waals surface area contributed by atoms with Crippen molar-refractivity contribution in [3.63, 3.8) is 0 Å². The van der Waals surface area contributed by atoms with Gasteiger partial charge in [0.2, 0.25) is 5.71 Å². The van der Waals surface area contributed by atoms with Crippen LogP contribution < -0.4 is 0 Å². The van der Waals surface area contributed by atoms with Crippen LogP contribution in [-0.4, -0.2) is 19.5 Å². The third kappa shape index (κ3) is 7.80. The van der Waals surface area contributed by atoms with E-state index in [0.717, 1.165) is 55.7 Å². The minimum absolute atomic E-state index is 0. The van der Waals surface area contributed by atoms with E-state index in [-0.39, 0.29) is 42.8 Å². The Labute approximate surface area is 402 Å². The van der Waals surface area contributed by atoms with Crippen LogP contribution in [0.15, 0.2) is 156 Å². The molecule has 0 aliphatic heterocycles. The Morgan fingerprint density at radius 3 is 2.06 bits per heavy atom. The van der Waals surface area contributed by atoms with Gasteiger partial charge in [-0.05, 0) is 98.3 Å². The Hall–Kier alpha value is -6.46. The van der Waals surface area contributed by atoms with Crippen LogP contribution in [0.3, 0.4) is 0 Å². The molecule has 0 N–H and O–H groups in total. The van der Waals surface area contributed by atoms with Crippen LogP contribution in [0.5, 0.6) is 0 Å². The molecule has 1 radical (unpaired) electrons. The number of hydrogen-bond acceptors (Lipinski definition) is 4. The largest absolute Gasteiger partial charge is 0.486 e. The van der Waals surface area contributed by atoms with E-state index < -0.39 is 0 Å². The molecule has 6 heteroatoms. The maximum atomic E-state index is 6.77. The summed E-state index contributed by atoms with van der Waals surface area (Å²) < 4.78 is 9.13. The topological polar surface area (TPSA) is 56.7 Å². The van der Waals surface area contributed by atoms with Crippen molar-refractivity contribution in [2.24, 2.45) is 0 Å². The first-order chi connectivity index (χ1) is 31.3. The standard InChI is InChI=1S/C45H38N3O.C15H16N.Ir/c1-26(2)33-23-29(28-15-8-7-9-16-28)24-34(27(3)4)41(33)48-39-22-13-12-21-38(39)46-43(48)32-19-14-18-30-35-25-37-40(47-44(35)49-42(30)32)31-17-10-11-20-36(31)45(37,5)6;1-15(2,3)13-9-10-16-14(11-13)12-7-5-4-6-8-12;/h7-18,20-27H,1-6H3;4-7,9-11H,1-3H3;/q2*-1;. The van der Waals surface area contributed by atoms with Crippen molar-refractivity contribution in [2.45, 2.75) is 85.0 Å². The first-order valence-corrected chi connectivity index (χ1v) is 22.8. The van der Waals surface area contributed by atoms with Crippen LogP contribution in [-0.2, 0) is 30.9 Å². The molecule has 5 nitrogen and oxygen atoms in total. The molecule has 66 heavy (non-hydrogen) atoms. The predicted octanol–water partition coefficient (Wildman–Crippen LogP) is 15.9. The number of hydrogen-bond donors (Lipinski definition) is 0. The molecule has 0 unspecified atom stereocenters. The van der Waals surface area contributed by atoms with Crippen LogP contribution in [0.25, 0.3) is 83.8 Å². The minimum Gasteiger partial charge on any atom is -0.486 e. The van der Waals surface area contributed by atoms with Gasteiger partial charge in [0.15, 0.2) is 0 Å². The third-order valence-electron chi connectivity index (χ3n) is 13.1. The van der Waals surface area contributed by atoms with E-state index in [4.69, 9.17) is 14.4 Å². The van der Waals surface area contributed by atoms with E-state index in [0.29, 0.717) is 5.71 Å². The quantitative estimate of drug-likeness (QED) is 0.156. The predicted molar refractivity (Wildman–Crippen MR) is 269 cm³/mol. The van der Waals surface area contributed by atoms with Gasteiger partial charge < -0.3 is 14.0 Å². The third-order valence-corrected chi connectivity index (χ3v) is 13.1. The fourth-order valence-corrected chi connectivity index (χ4v) is 9.53. The molecule has 6 aromatic carbocycles. The monoisotopic (exact) mass is 1040 g/mol. The van der Waals surface area contributed by atoms with E-state index in [1.807, 2.05) is 36.5 Å². The van der Waals surface area contributed by atoms with Crippen molar-refractivity contribution in [3.8, 4) is 50.7 Å². The van der Waals surface area contributed by atoms with Crippen molar-refractivity contribution >= 4 is 33.1 Å². The maximum absolute atomic E-state index is 6.77. The van der Waals surface area contributed by atoms with Gasteiger partial charge in [-0.2, -0.15) is 0 Å². The Morgan fingerprint density at radius 1 is 0.652 bits per heavy atom. The van der Waals surface area contributed by atoms with E-state index in [2.05, 4.69) is 199 Å². The van der Waals surface area contributed by atoms with Crippen LogP contribution in [0, 0.1) is 12.1 Å². The number of nitrogens with zero attached hydrogens (tertiary/aromatic N) is 4. The average molecular weight is 1040 g/mol. The Balaban J connectivity index is 0.000000273. The van der Waals surface area contributed by atoms with Crippen LogP contribution in [0.2, 0.25) is 0 Å². The summed E-state index contributed by atoms with van der Waals surface area (Å²) in [6, 6.07) is 57.8. The fourth-order valence-electron chi connectivity index (χ4n) is 9.53. The van der Waals surface area contributed by atoms with Crippen molar-refractivity contribution in [1.29, 1.82) is 0 Å². The molecule has 4 heterocycles. The second-order valence-corrected chi connectivity index (χ2v) is 19.5. The second-order valence-electron chi connectivity index (χ2n) is 19.5. The van der Waals surface area contributed by atoms with Crippen molar-refractivity contribution in [1.82, 2.24) is 19.5 Å². The van der Waals surface area contributed by atoms with Crippen molar-refractivity contribution in [3.05, 3.63) is 192 Å². The van der Waals surface area contributed by atoms with E-state index in [9.17, 15) is 0 Å². The molecule has 0 spiro atoms. The SMILES string of the molecule is CC(C)(C)c1ccnc(-c2[c-]cccc2)c1.CC(C)c1cc(-c2ccccc2)cc(C(C)C)c1-n1c(-c2[c-]ccc3c2oc2nc4c(cc23)C(C)(C)c2ccccc2-4)nc2ccccc21.[Ir]. The zero-order valence-corrected chi connectivity index (χ0v) is 41.5. The van der Waals surface area contributed by atoms with Crippen LogP contribution in [0.4, 0.5) is 0 Å². The minimum atomic E-state index is -0.152. The molecule has 0 bridgehead atoms. The molecular formula is C60H54IrN4O-2. The zero-order chi connectivity index (χ0) is 45.2. The fraction of sp³-hybridized carbons (Fsp3) is 0.217. The summed E-state index contributed by atoms with van der Waals surface area (Å²) in [6.07, 6.45) is 1.87. The van der Waals surface area contributed by atoms with Gasteiger partial charge in [0, 0.05) is 48.4 Å². The van der Waals surface area contributed by atoms with Crippen LogP contribution >= 0.6 is 0 Å². The van der Waals surface area contributed by atoms with Gasteiger partial charge in [-0.25, -0.2) is 4.98 Å². The van der Waals surface area contributed by atoms with Gasteiger partial charge in [0.1, 0.15) is 0 Å². The van der Waals surface area contributed by atoms with Gasteiger partial charge >= 0.3 is 0 Å². The molecule has 331 valence electrons. The van der Waals surface area contributed by atoms with Gasteiger partial charge in [0.05, 0.1) is 28.1 Å². The summed E-state index contributed by atoms with van der Waals surface area (Å²) >= 11 is 0. The number of pyridine rings is 2. The molecule has 1 aliphatic rings. The number of benzene rings is 6. The molecular weight excluding hydrogens is 985 g/mol. The normalized spacial score (nSPS) is 12.9. The molecule has 11 rings (SSSR count). The summed E-state index contributed by atoms with van der Waals surface area (Å²) in [7, 11) is 0. The van der Waals surface area contributed by atoms with E-state index in [1.165, 1.54) is 50.2 Å². The molecule has 0 saturated carbocycles. The number of imidazole rings is 1. The number of fused-ring (bicyclic) bond motifs is 7. The maximum Gasteiger partial charge on any atom is 0.216 e. The Bertz CT molecular complexity index is 3360. The molecule has 0 amide bonds. The Morgan fingerprint density at radius 2 is 1.35 bits per heavy atom. The van der Waals surface area contributed by atoms with Crippen molar-refractivity contribution < 1.29 is 24.5 Å². The molecule has 0 saturated heterocycles. The summed E-state index contributed by atoms with van der Waals surface area (Å²) in [5.74, 6) is 1.36. The van der Waals surface area contributed by atoms with Crippen LogP contribution in [0.1, 0.15) is 102 Å². The summed E-state index contributed by atoms with van der Waals surface area (Å²) in [5.41, 5.74) is 18.5. The second kappa shape index (κ2) is 17.4. The number of para-hydroxylation sites is 2. The molecule has 0 atom stereocenters. The van der Waals surface area contributed by atoms with Gasteiger partial charge in [0.25, 0.3) is 0 Å². The molecule has 4 aromatic heterocycles. The average Bonchev–Trinajstić information content (AvgIpc) is 3.96. The van der Waals surface area contributed by atoms with E-state index in [1.54, 1.807) is 0 Å². The summed E-state index contributed by atoms with van der Waals surface area (Å²) in [6.45, 7) is 20.3. The van der Waals surface area contributed by atoms with Gasteiger partial charge in [-0.1, -0.05) is 146 Å².